The second-order valence-electron chi connectivity index (χ2n) is 9.05. The van der Waals surface area contributed by atoms with Crippen molar-refractivity contribution in [3.05, 3.63) is 70.8 Å². The molecule has 2 aromatic rings. The van der Waals surface area contributed by atoms with E-state index in [1.807, 2.05) is 13.0 Å². The molecule has 2 aliphatic rings. The molecule has 2 aliphatic heterocycles. The molecule has 0 fully saturated rings. The van der Waals surface area contributed by atoms with Gasteiger partial charge in [-0.2, -0.15) is 0 Å². The van der Waals surface area contributed by atoms with Gasteiger partial charge in [0.05, 0.1) is 18.1 Å². The second-order valence-corrected chi connectivity index (χ2v) is 9.05. The number of methoxy groups -OCH3 is 1. The van der Waals surface area contributed by atoms with E-state index in [0.29, 0.717) is 24.0 Å². The molecular weight excluding hydrogens is 428 g/mol. The van der Waals surface area contributed by atoms with Gasteiger partial charge >= 0.3 is 5.97 Å². The number of rotatable bonds is 6. The van der Waals surface area contributed by atoms with Crippen molar-refractivity contribution in [1.29, 1.82) is 0 Å². The van der Waals surface area contributed by atoms with Crippen LogP contribution in [0.25, 0.3) is 0 Å². The summed E-state index contributed by atoms with van der Waals surface area (Å²) in [5.74, 6) is -1.17. The Labute approximate surface area is 192 Å². The molecule has 0 saturated carbocycles. The van der Waals surface area contributed by atoms with Gasteiger partial charge in [0.2, 0.25) is 0 Å². The molecular formula is C26H29F2NO4. The van der Waals surface area contributed by atoms with Crippen molar-refractivity contribution < 1.29 is 27.8 Å². The molecule has 0 saturated heterocycles. The van der Waals surface area contributed by atoms with Crippen molar-refractivity contribution in [2.75, 3.05) is 20.7 Å². The van der Waals surface area contributed by atoms with Gasteiger partial charge in [0.1, 0.15) is 23.8 Å². The van der Waals surface area contributed by atoms with Crippen molar-refractivity contribution in [1.82, 2.24) is 4.90 Å². The highest BCUT2D eigenvalue weighted by molar-refractivity contribution is 5.89. The van der Waals surface area contributed by atoms with Crippen LogP contribution < -0.4 is 9.47 Å². The fourth-order valence-corrected chi connectivity index (χ4v) is 5.13. The summed E-state index contributed by atoms with van der Waals surface area (Å²) >= 11 is 0. The lowest BCUT2D eigenvalue weighted by Crippen LogP contribution is -2.42. The average molecular weight is 458 g/mol. The quantitative estimate of drug-likeness (QED) is 0.450. The van der Waals surface area contributed by atoms with Crippen molar-refractivity contribution in [2.24, 2.45) is 0 Å². The van der Waals surface area contributed by atoms with Crippen LogP contribution in [0.1, 0.15) is 48.2 Å². The summed E-state index contributed by atoms with van der Waals surface area (Å²) in [5, 5.41) is 0. The zero-order chi connectivity index (χ0) is 23.9. The first kappa shape index (κ1) is 23.2. The summed E-state index contributed by atoms with van der Waals surface area (Å²) < 4.78 is 44.9. The smallest absolute Gasteiger partial charge is 0.341 e. The Hall–Kier alpha value is -2.93. The van der Waals surface area contributed by atoms with E-state index in [1.165, 1.54) is 0 Å². The summed E-state index contributed by atoms with van der Waals surface area (Å²) in [6, 6.07) is 6.79. The van der Waals surface area contributed by atoms with E-state index < -0.39 is 29.1 Å². The third kappa shape index (κ3) is 3.99. The van der Waals surface area contributed by atoms with E-state index in [9.17, 15) is 13.6 Å². The fraction of sp³-hybridized carbons (Fsp3) is 0.423. The summed E-state index contributed by atoms with van der Waals surface area (Å²) in [7, 11) is 3.70. The number of hydrogen-bond donors (Lipinski definition) is 0. The second kappa shape index (κ2) is 8.78. The van der Waals surface area contributed by atoms with Gasteiger partial charge in [-0.3, -0.25) is 0 Å². The number of hydrogen-bond acceptors (Lipinski definition) is 5. The first-order chi connectivity index (χ1) is 15.7. The van der Waals surface area contributed by atoms with Crippen molar-refractivity contribution in [3.63, 3.8) is 0 Å². The van der Waals surface area contributed by atoms with Crippen LogP contribution in [0.15, 0.2) is 42.5 Å². The molecule has 0 amide bonds. The Morgan fingerprint density at radius 3 is 2.76 bits per heavy atom. The number of nitrogens with zero attached hydrogens (tertiary/aromatic N) is 1. The van der Waals surface area contributed by atoms with Crippen LogP contribution in [0.4, 0.5) is 8.78 Å². The first-order valence-corrected chi connectivity index (χ1v) is 11.0. The Kier molecular flexibility index (Phi) is 6.18. The molecule has 3 atom stereocenters. The number of halogens is 2. The predicted molar refractivity (Wildman–Crippen MR) is 121 cm³/mol. The molecule has 0 spiro atoms. The minimum absolute atomic E-state index is 0.298. The Bertz CT molecular complexity index is 1100. The summed E-state index contributed by atoms with van der Waals surface area (Å²) in [4.78, 5) is 14.8. The molecule has 0 N–H and O–H groups in total. The van der Waals surface area contributed by atoms with Crippen molar-refractivity contribution in [2.45, 2.75) is 50.9 Å². The molecule has 33 heavy (non-hydrogen) atoms. The molecule has 7 heteroatoms. The Morgan fingerprint density at radius 2 is 2.09 bits per heavy atom. The minimum atomic E-state index is -0.948. The maximum Gasteiger partial charge on any atom is 0.341 e. The summed E-state index contributed by atoms with van der Waals surface area (Å²) in [6.07, 6.45) is 0.257. The topological polar surface area (TPSA) is 48.0 Å². The normalized spacial score (nSPS) is 22.7. The average Bonchev–Trinajstić information content (AvgIpc) is 2.98. The van der Waals surface area contributed by atoms with Gasteiger partial charge in [0.25, 0.3) is 0 Å². The van der Waals surface area contributed by atoms with E-state index >= 15 is 0 Å². The van der Waals surface area contributed by atoms with Crippen LogP contribution in [0.2, 0.25) is 0 Å². The summed E-state index contributed by atoms with van der Waals surface area (Å²) in [5.41, 5.74) is 2.46. The number of ether oxygens (including phenoxy) is 3. The van der Waals surface area contributed by atoms with Crippen LogP contribution in [0.5, 0.6) is 11.5 Å². The van der Waals surface area contributed by atoms with Crippen molar-refractivity contribution in [3.8, 4) is 11.5 Å². The van der Waals surface area contributed by atoms with Gasteiger partial charge in [-0.05, 0) is 57.6 Å². The van der Waals surface area contributed by atoms with Crippen LogP contribution in [0.3, 0.4) is 0 Å². The van der Waals surface area contributed by atoms with E-state index in [-0.39, 0.29) is 11.7 Å². The molecule has 5 nitrogen and oxygen atoms in total. The van der Waals surface area contributed by atoms with Gasteiger partial charge in [0, 0.05) is 24.6 Å². The van der Waals surface area contributed by atoms with Crippen LogP contribution in [-0.4, -0.2) is 43.8 Å². The zero-order valence-corrected chi connectivity index (χ0v) is 19.4. The van der Waals surface area contributed by atoms with Crippen LogP contribution in [-0.2, 0) is 16.7 Å². The standard InChI is InChI=1S/C26H29F2NO4/c1-15(2)26-10-11-29(4)14-17-6-9-21(31-5)24(23(17)26)33-22(26)12-16(3)32-25(30)19-8-7-18(27)13-20(19)28/h6-9,13,16,22H,1,10-12,14H2,2-5H3/t16-,22?,26+/m0/s1. The maximum atomic E-state index is 14.0. The third-order valence-electron chi connectivity index (χ3n) is 6.78. The van der Waals surface area contributed by atoms with Crippen LogP contribution in [0, 0.1) is 11.6 Å². The molecule has 176 valence electrons. The highest BCUT2D eigenvalue weighted by Crippen LogP contribution is 2.56. The summed E-state index contributed by atoms with van der Waals surface area (Å²) in [6.45, 7) is 9.71. The van der Waals surface area contributed by atoms with E-state index in [4.69, 9.17) is 14.2 Å². The SMILES string of the molecule is C=C(C)[C@@]12CCN(C)Cc3ccc(OC)c(c31)OC2C[C@H](C)OC(=O)c1ccc(F)cc1F. The van der Waals surface area contributed by atoms with Gasteiger partial charge in [-0.1, -0.05) is 18.2 Å². The zero-order valence-electron chi connectivity index (χ0n) is 19.4. The molecule has 0 radical (unpaired) electrons. The molecule has 1 unspecified atom stereocenters. The maximum absolute atomic E-state index is 14.0. The van der Waals surface area contributed by atoms with Gasteiger partial charge in [0.15, 0.2) is 11.5 Å². The highest BCUT2D eigenvalue weighted by Gasteiger charge is 2.53. The lowest BCUT2D eigenvalue weighted by atomic mass is 9.67. The van der Waals surface area contributed by atoms with Gasteiger partial charge < -0.3 is 19.1 Å². The van der Waals surface area contributed by atoms with E-state index in [1.54, 1.807) is 14.0 Å². The minimum Gasteiger partial charge on any atom is -0.493 e. The Balaban J connectivity index is 1.64. The lowest BCUT2D eigenvalue weighted by molar-refractivity contribution is 0.0175. The molecule has 0 bridgehead atoms. The van der Waals surface area contributed by atoms with Gasteiger partial charge in [-0.25, -0.2) is 13.6 Å². The van der Waals surface area contributed by atoms with Crippen LogP contribution >= 0.6 is 0 Å². The lowest BCUT2D eigenvalue weighted by Gasteiger charge is -2.36. The van der Waals surface area contributed by atoms with E-state index in [0.717, 1.165) is 48.3 Å². The third-order valence-corrected chi connectivity index (χ3v) is 6.78. The van der Waals surface area contributed by atoms with E-state index in [2.05, 4.69) is 24.6 Å². The highest BCUT2D eigenvalue weighted by atomic mass is 19.1. The van der Waals surface area contributed by atoms with Gasteiger partial charge in [-0.15, -0.1) is 0 Å². The number of benzene rings is 2. The molecule has 4 rings (SSSR count). The number of carbonyl (C=O) groups excluding carboxylic acids is 1. The largest absolute Gasteiger partial charge is 0.493 e. The number of carbonyl (C=O) groups is 1. The monoisotopic (exact) mass is 457 g/mol. The molecule has 2 heterocycles. The number of esters is 1. The molecule has 0 aliphatic carbocycles. The molecule has 2 aromatic carbocycles. The predicted octanol–water partition coefficient (Wildman–Crippen LogP) is 5.02. The fourth-order valence-electron chi connectivity index (χ4n) is 5.13. The first-order valence-electron chi connectivity index (χ1n) is 11.0. The molecule has 0 aromatic heterocycles. The van der Waals surface area contributed by atoms with Crippen molar-refractivity contribution >= 4 is 5.97 Å². The Morgan fingerprint density at radius 1 is 1.33 bits per heavy atom.